The molecule has 0 spiro atoms. The van der Waals surface area contributed by atoms with Crippen molar-refractivity contribution in [1.82, 2.24) is 5.32 Å². The van der Waals surface area contributed by atoms with Crippen LogP contribution in [0.25, 0.3) is 11.1 Å². The summed E-state index contributed by atoms with van der Waals surface area (Å²) in [5.41, 5.74) is 3.41. The standard InChI is InChI=1S/C24H22N2O2S/c1-2-14-25-24(29)22(26-15-6-7-18(16-26)17-27)23(28)21-12-10-20(11-13-21)19-8-4-3-5-9-19/h2-13,15-16,22,27H,1,14,17H2/p+1. The van der Waals surface area contributed by atoms with Gasteiger partial charge in [0.2, 0.25) is 5.78 Å². The lowest BCUT2D eigenvalue weighted by molar-refractivity contribution is -0.692. The van der Waals surface area contributed by atoms with Crippen molar-refractivity contribution < 1.29 is 14.5 Å². The summed E-state index contributed by atoms with van der Waals surface area (Å²) in [7, 11) is 0. The molecule has 0 saturated carbocycles. The van der Waals surface area contributed by atoms with Crippen LogP contribution in [0.4, 0.5) is 0 Å². The zero-order valence-corrected chi connectivity index (χ0v) is 16.8. The fourth-order valence-electron chi connectivity index (χ4n) is 3.07. The molecule has 1 heterocycles. The van der Waals surface area contributed by atoms with Crippen molar-refractivity contribution in [3.63, 3.8) is 0 Å². The Labute approximate surface area is 176 Å². The molecule has 3 rings (SSSR count). The van der Waals surface area contributed by atoms with Gasteiger partial charge in [-0.15, -0.1) is 6.58 Å². The number of nitrogens with one attached hydrogen (secondary N) is 1. The molecule has 0 radical (unpaired) electrons. The Balaban J connectivity index is 1.93. The van der Waals surface area contributed by atoms with Crippen LogP contribution in [-0.2, 0) is 6.61 Å². The molecular formula is C24H23N2O2S+. The van der Waals surface area contributed by atoms with Crippen molar-refractivity contribution in [3.8, 4) is 11.1 Å². The van der Waals surface area contributed by atoms with E-state index < -0.39 is 6.04 Å². The minimum atomic E-state index is -0.709. The second-order valence-electron chi connectivity index (χ2n) is 6.56. The summed E-state index contributed by atoms with van der Waals surface area (Å²) in [5, 5.41) is 12.5. The summed E-state index contributed by atoms with van der Waals surface area (Å²) in [4.78, 5) is 13.8. The molecule has 146 valence electrons. The molecule has 3 aromatic rings. The number of rotatable bonds is 8. The van der Waals surface area contributed by atoms with Crippen LogP contribution < -0.4 is 9.88 Å². The molecule has 0 bridgehead atoms. The number of pyridine rings is 1. The van der Waals surface area contributed by atoms with Crippen molar-refractivity contribution in [2.24, 2.45) is 0 Å². The second-order valence-corrected chi connectivity index (χ2v) is 7.00. The molecule has 4 nitrogen and oxygen atoms in total. The first-order valence-corrected chi connectivity index (χ1v) is 9.73. The van der Waals surface area contributed by atoms with Crippen molar-refractivity contribution in [2.45, 2.75) is 12.6 Å². The van der Waals surface area contributed by atoms with Gasteiger partial charge in [-0.2, -0.15) is 4.57 Å². The number of aliphatic hydroxyl groups excluding tert-OH is 1. The Kier molecular flexibility index (Phi) is 7.00. The molecule has 2 N–H and O–H groups in total. The Morgan fingerprint density at radius 3 is 2.41 bits per heavy atom. The third-order valence-electron chi connectivity index (χ3n) is 4.56. The van der Waals surface area contributed by atoms with E-state index in [0.29, 0.717) is 22.7 Å². The number of benzene rings is 2. The minimum absolute atomic E-state index is 0.111. The number of thiocarbonyl (C=S) groups is 1. The number of hydrogen-bond donors (Lipinski definition) is 2. The highest BCUT2D eigenvalue weighted by atomic mass is 32.1. The molecule has 1 aromatic heterocycles. The lowest BCUT2D eigenvalue weighted by atomic mass is 9.99. The van der Waals surface area contributed by atoms with E-state index in [9.17, 15) is 9.90 Å². The normalized spacial score (nSPS) is 11.5. The number of hydrogen-bond acceptors (Lipinski definition) is 3. The molecule has 0 fully saturated rings. The van der Waals surface area contributed by atoms with E-state index in [2.05, 4.69) is 11.9 Å². The van der Waals surface area contributed by atoms with Gasteiger partial charge in [0.1, 0.15) is 0 Å². The third kappa shape index (κ3) is 5.02. The van der Waals surface area contributed by atoms with Gasteiger partial charge in [0, 0.05) is 23.7 Å². The van der Waals surface area contributed by atoms with Crippen LogP contribution in [0.15, 0.2) is 91.8 Å². The quantitative estimate of drug-likeness (QED) is 0.261. The summed E-state index contributed by atoms with van der Waals surface area (Å²) in [6.07, 6.45) is 5.21. The maximum absolute atomic E-state index is 13.4. The van der Waals surface area contributed by atoms with Crippen molar-refractivity contribution in [2.75, 3.05) is 6.54 Å². The Bertz CT molecular complexity index is 1000. The lowest BCUT2D eigenvalue weighted by Crippen LogP contribution is -2.51. The fraction of sp³-hybridized carbons (Fsp3) is 0.125. The lowest BCUT2D eigenvalue weighted by Gasteiger charge is -2.14. The molecule has 0 aliphatic carbocycles. The molecule has 2 aromatic carbocycles. The summed E-state index contributed by atoms with van der Waals surface area (Å²) in [6, 6.07) is 20.4. The smallest absolute Gasteiger partial charge is 0.270 e. The number of nitrogens with zero attached hydrogens (tertiary/aromatic N) is 1. The first kappa shape index (κ1) is 20.6. The molecule has 0 saturated heterocycles. The van der Waals surface area contributed by atoms with E-state index in [4.69, 9.17) is 12.2 Å². The average molecular weight is 404 g/mol. The van der Waals surface area contributed by atoms with Gasteiger partial charge in [-0.3, -0.25) is 4.79 Å². The van der Waals surface area contributed by atoms with Crippen LogP contribution in [0.1, 0.15) is 22.0 Å². The van der Waals surface area contributed by atoms with Crippen LogP contribution >= 0.6 is 12.2 Å². The Morgan fingerprint density at radius 1 is 1.07 bits per heavy atom. The molecule has 0 aliphatic heterocycles. The maximum Gasteiger partial charge on any atom is 0.270 e. The van der Waals surface area contributed by atoms with Crippen LogP contribution in [0.3, 0.4) is 0 Å². The molecule has 1 unspecified atom stereocenters. The van der Waals surface area contributed by atoms with Crippen LogP contribution in [0, 0.1) is 0 Å². The Hall–Kier alpha value is -3.15. The highest BCUT2D eigenvalue weighted by Crippen LogP contribution is 2.21. The summed E-state index contributed by atoms with van der Waals surface area (Å²) < 4.78 is 1.73. The van der Waals surface area contributed by atoms with E-state index in [1.54, 1.807) is 35.2 Å². The number of Topliss-reactive ketones (excluding diaryl/α,β-unsaturated/α-hetero) is 1. The molecule has 0 aliphatic rings. The van der Waals surface area contributed by atoms with Crippen molar-refractivity contribution in [3.05, 3.63) is 103 Å². The monoisotopic (exact) mass is 403 g/mol. The molecule has 5 heteroatoms. The van der Waals surface area contributed by atoms with E-state index in [0.717, 1.165) is 11.1 Å². The largest absolute Gasteiger partial charge is 0.391 e. The SMILES string of the molecule is C=CCNC(=S)C(C(=O)c1ccc(-c2ccccc2)cc1)[n+]1cccc(CO)c1. The van der Waals surface area contributed by atoms with Crippen LogP contribution in [0.5, 0.6) is 0 Å². The number of ketones is 1. The maximum atomic E-state index is 13.4. The van der Waals surface area contributed by atoms with Gasteiger partial charge in [0.15, 0.2) is 17.4 Å². The van der Waals surface area contributed by atoms with Crippen molar-refractivity contribution in [1.29, 1.82) is 0 Å². The van der Waals surface area contributed by atoms with E-state index >= 15 is 0 Å². The van der Waals surface area contributed by atoms with E-state index in [-0.39, 0.29) is 12.4 Å². The molecule has 0 amide bonds. The highest BCUT2D eigenvalue weighted by molar-refractivity contribution is 7.80. The molecular weight excluding hydrogens is 380 g/mol. The van der Waals surface area contributed by atoms with Crippen molar-refractivity contribution >= 4 is 23.0 Å². The van der Waals surface area contributed by atoms with Gasteiger partial charge in [-0.25, -0.2) is 0 Å². The van der Waals surface area contributed by atoms with Gasteiger partial charge < -0.3 is 10.4 Å². The number of aromatic nitrogens is 1. The number of carbonyl (C=O) groups excluding carboxylic acids is 1. The Morgan fingerprint density at radius 2 is 1.76 bits per heavy atom. The summed E-state index contributed by atoms with van der Waals surface area (Å²) >= 11 is 5.52. The first-order chi connectivity index (χ1) is 14.1. The number of aliphatic hydroxyl groups is 1. The average Bonchev–Trinajstić information content (AvgIpc) is 2.78. The van der Waals surface area contributed by atoms with E-state index in [1.807, 2.05) is 54.6 Å². The van der Waals surface area contributed by atoms with Gasteiger partial charge in [0.05, 0.1) is 6.61 Å². The van der Waals surface area contributed by atoms with Crippen LogP contribution in [-0.4, -0.2) is 22.4 Å². The van der Waals surface area contributed by atoms with Crippen LogP contribution in [0.2, 0.25) is 0 Å². The first-order valence-electron chi connectivity index (χ1n) is 9.33. The second kappa shape index (κ2) is 9.87. The van der Waals surface area contributed by atoms with Gasteiger partial charge in [0.25, 0.3) is 6.04 Å². The molecule has 1 atom stereocenters. The summed E-state index contributed by atoms with van der Waals surface area (Å²) in [5.74, 6) is -0.119. The van der Waals surface area contributed by atoms with Gasteiger partial charge in [-0.05, 0) is 17.2 Å². The predicted octanol–water partition coefficient (Wildman–Crippen LogP) is 3.66. The minimum Gasteiger partial charge on any atom is -0.391 e. The highest BCUT2D eigenvalue weighted by Gasteiger charge is 2.33. The van der Waals surface area contributed by atoms with E-state index in [1.165, 1.54) is 0 Å². The fourth-order valence-corrected chi connectivity index (χ4v) is 3.38. The third-order valence-corrected chi connectivity index (χ3v) is 4.93. The zero-order chi connectivity index (χ0) is 20.6. The predicted molar refractivity (Wildman–Crippen MR) is 119 cm³/mol. The zero-order valence-electron chi connectivity index (χ0n) is 16.0. The van der Waals surface area contributed by atoms with Gasteiger partial charge >= 0.3 is 0 Å². The molecule has 29 heavy (non-hydrogen) atoms. The van der Waals surface area contributed by atoms with Gasteiger partial charge in [-0.1, -0.05) is 72.9 Å². The topological polar surface area (TPSA) is 53.2 Å². The number of carbonyl (C=O) groups is 1. The summed E-state index contributed by atoms with van der Waals surface area (Å²) in [6.45, 7) is 4.04.